The number of ether oxygens (including phenoxy) is 2. The van der Waals surface area contributed by atoms with Gasteiger partial charge in [0.05, 0.1) is 0 Å². The van der Waals surface area contributed by atoms with E-state index in [0.717, 1.165) is 17.6 Å². The molecule has 128 valence electrons. The Morgan fingerprint density at radius 2 is 1.27 bits per heavy atom. The lowest BCUT2D eigenvalue weighted by molar-refractivity contribution is -0.106. The van der Waals surface area contributed by atoms with Crippen LogP contribution in [0, 0.1) is 5.92 Å². The van der Waals surface area contributed by atoms with Crippen LogP contribution in [0.3, 0.4) is 0 Å². The summed E-state index contributed by atoms with van der Waals surface area (Å²) in [6, 6.07) is -0.107. The summed E-state index contributed by atoms with van der Waals surface area (Å²) < 4.78 is 10.5. The summed E-state index contributed by atoms with van der Waals surface area (Å²) in [4.78, 5) is 34.1. The molecule has 2 atom stereocenters. The number of carbonyl (C=O) groups excluding carboxylic acids is 3. The van der Waals surface area contributed by atoms with Gasteiger partial charge in [-0.15, -0.1) is 0 Å². The number of carbonyl (C=O) groups is 3. The Kier molecular flexibility index (Phi) is 7.06. The molecule has 1 aliphatic rings. The molecule has 1 aliphatic carbocycles. The molecule has 0 aromatic rings. The Balaban J connectivity index is 0.00000135. The van der Waals surface area contributed by atoms with Crippen molar-refractivity contribution in [2.75, 3.05) is 0 Å². The van der Waals surface area contributed by atoms with Gasteiger partial charge in [-0.1, -0.05) is 6.92 Å². The lowest BCUT2D eigenvalue weighted by Crippen LogP contribution is -2.45. The number of aldehydes is 1. The number of hydrogen-bond donors (Lipinski definition) is 0. The van der Waals surface area contributed by atoms with E-state index in [9.17, 15) is 9.59 Å². The molecule has 6 nitrogen and oxygen atoms in total. The van der Waals surface area contributed by atoms with Crippen LogP contribution >= 0.6 is 0 Å². The summed E-state index contributed by atoms with van der Waals surface area (Å²) in [7, 11) is 0. The Labute approximate surface area is 133 Å². The second-order valence-corrected chi connectivity index (χ2v) is 7.35. The zero-order valence-electron chi connectivity index (χ0n) is 14.9. The molecule has 0 radical (unpaired) electrons. The number of hydrogen-bond acceptors (Lipinski definition) is 5. The van der Waals surface area contributed by atoms with Crippen molar-refractivity contribution in [3.8, 4) is 0 Å². The first-order valence-electron chi connectivity index (χ1n) is 7.47. The summed E-state index contributed by atoms with van der Waals surface area (Å²) in [5.41, 5.74) is -1.26. The third-order valence-corrected chi connectivity index (χ3v) is 2.58. The standard InChI is InChI=1S/C14H25NO4.C2H4O/c1-9-8-10(9)15(11(16)18-13(2,3)4)12(17)19-14(5,6)7;1-2-3/h9-10H,8H2,1-7H3;2H,1H3/t9-,10?;/m1./s1. The van der Waals surface area contributed by atoms with E-state index in [2.05, 4.69) is 0 Å². The van der Waals surface area contributed by atoms with Crippen LogP contribution in [0.25, 0.3) is 0 Å². The van der Waals surface area contributed by atoms with Gasteiger partial charge in [0, 0.05) is 6.04 Å². The summed E-state index contributed by atoms with van der Waals surface area (Å²) in [6.07, 6.45) is 0.297. The van der Waals surface area contributed by atoms with Crippen molar-refractivity contribution in [3.05, 3.63) is 0 Å². The Morgan fingerprint density at radius 1 is 1.00 bits per heavy atom. The minimum atomic E-state index is -0.629. The SMILES string of the molecule is CC=O.C[C@@H]1CC1N(C(=O)OC(C)(C)C)C(=O)OC(C)(C)C. The van der Waals surface area contributed by atoms with Crippen LogP contribution in [0.2, 0.25) is 0 Å². The van der Waals surface area contributed by atoms with Crippen molar-refractivity contribution in [2.24, 2.45) is 5.92 Å². The molecule has 0 aromatic heterocycles. The smallest absolute Gasteiger partial charge is 0.420 e. The van der Waals surface area contributed by atoms with Gasteiger partial charge in [0.1, 0.15) is 17.5 Å². The van der Waals surface area contributed by atoms with Crippen molar-refractivity contribution in [1.29, 1.82) is 0 Å². The van der Waals surface area contributed by atoms with E-state index in [-0.39, 0.29) is 6.04 Å². The van der Waals surface area contributed by atoms with Crippen LogP contribution in [-0.2, 0) is 14.3 Å². The van der Waals surface area contributed by atoms with Crippen LogP contribution in [0.15, 0.2) is 0 Å². The van der Waals surface area contributed by atoms with Gasteiger partial charge in [-0.05, 0) is 60.8 Å². The van der Waals surface area contributed by atoms with Crippen molar-refractivity contribution in [2.45, 2.75) is 79.1 Å². The highest BCUT2D eigenvalue weighted by Crippen LogP contribution is 2.36. The van der Waals surface area contributed by atoms with Gasteiger partial charge >= 0.3 is 12.2 Å². The molecule has 0 heterocycles. The first-order chi connectivity index (χ1) is 9.82. The maximum Gasteiger partial charge on any atom is 0.420 e. The molecule has 1 rings (SSSR count). The minimum absolute atomic E-state index is 0.107. The van der Waals surface area contributed by atoms with Gasteiger partial charge in [0.25, 0.3) is 0 Å². The number of rotatable bonds is 1. The van der Waals surface area contributed by atoms with Gasteiger partial charge < -0.3 is 14.3 Å². The third kappa shape index (κ3) is 8.00. The minimum Gasteiger partial charge on any atom is -0.443 e. The quantitative estimate of drug-likeness (QED) is 0.689. The first-order valence-corrected chi connectivity index (χ1v) is 7.47. The van der Waals surface area contributed by atoms with Gasteiger partial charge in [-0.3, -0.25) is 0 Å². The monoisotopic (exact) mass is 315 g/mol. The molecule has 0 saturated heterocycles. The van der Waals surface area contributed by atoms with E-state index in [1.54, 1.807) is 41.5 Å². The van der Waals surface area contributed by atoms with Gasteiger partial charge in [0.2, 0.25) is 0 Å². The summed E-state index contributed by atoms with van der Waals surface area (Å²) in [5, 5.41) is 0. The highest BCUT2D eigenvalue weighted by molar-refractivity contribution is 5.89. The molecule has 0 N–H and O–H groups in total. The zero-order chi connectivity index (χ0) is 17.7. The van der Waals surface area contributed by atoms with Crippen molar-refractivity contribution < 1.29 is 23.9 Å². The second-order valence-electron chi connectivity index (χ2n) is 7.35. The molecule has 2 amide bonds. The van der Waals surface area contributed by atoms with E-state index in [4.69, 9.17) is 14.3 Å². The summed E-state index contributed by atoms with van der Waals surface area (Å²) in [6.45, 7) is 14.1. The number of imide groups is 1. The van der Waals surface area contributed by atoms with Crippen molar-refractivity contribution in [3.63, 3.8) is 0 Å². The van der Waals surface area contributed by atoms with E-state index >= 15 is 0 Å². The topological polar surface area (TPSA) is 72.9 Å². The average molecular weight is 315 g/mol. The van der Waals surface area contributed by atoms with Crippen molar-refractivity contribution >= 4 is 18.5 Å². The fourth-order valence-electron chi connectivity index (χ4n) is 1.63. The second kappa shape index (κ2) is 7.61. The molecule has 0 spiro atoms. The van der Waals surface area contributed by atoms with Crippen LogP contribution in [-0.4, -0.2) is 40.6 Å². The van der Waals surface area contributed by atoms with Gasteiger partial charge in [-0.25, -0.2) is 14.5 Å². The van der Waals surface area contributed by atoms with Gasteiger partial charge in [-0.2, -0.15) is 0 Å². The Morgan fingerprint density at radius 3 is 1.45 bits per heavy atom. The maximum absolute atomic E-state index is 12.1. The molecule has 6 heteroatoms. The maximum atomic E-state index is 12.1. The fourth-order valence-corrected chi connectivity index (χ4v) is 1.63. The van der Waals surface area contributed by atoms with Crippen molar-refractivity contribution in [1.82, 2.24) is 4.90 Å². The Hall–Kier alpha value is -1.59. The van der Waals surface area contributed by atoms with Gasteiger partial charge in [0.15, 0.2) is 0 Å². The predicted octanol–water partition coefficient (Wildman–Crippen LogP) is 3.77. The lowest BCUT2D eigenvalue weighted by atomic mass is 10.2. The third-order valence-electron chi connectivity index (χ3n) is 2.58. The van der Waals surface area contributed by atoms with E-state index in [0.29, 0.717) is 5.92 Å². The molecule has 22 heavy (non-hydrogen) atoms. The van der Waals surface area contributed by atoms with E-state index < -0.39 is 23.4 Å². The van der Waals surface area contributed by atoms with Crippen LogP contribution in [0.5, 0.6) is 0 Å². The largest absolute Gasteiger partial charge is 0.443 e. The highest BCUT2D eigenvalue weighted by atomic mass is 16.6. The molecule has 1 fully saturated rings. The molecular formula is C16H29NO5. The summed E-state index contributed by atoms with van der Waals surface area (Å²) >= 11 is 0. The van der Waals surface area contributed by atoms with Crippen LogP contribution in [0.4, 0.5) is 9.59 Å². The zero-order valence-corrected chi connectivity index (χ0v) is 14.9. The first kappa shape index (κ1) is 20.4. The van der Waals surface area contributed by atoms with E-state index in [1.807, 2.05) is 6.92 Å². The average Bonchev–Trinajstić information content (AvgIpc) is 2.90. The number of nitrogens with zero attached hydrogens (tertiary/aromatic N) is 1. The lowest BCUT2D eigenvalue weighted by Gasteiger charge is -2.28. The molecule has 0 aromatic carbocycles. The highest BCUT2D eigenvalue weighted by Gasteiger charge is 2.47. The predicted molar refractivity (Wildman–Crippen MR) is 83.6 cm³/mol. The molecular weight excluding hydrogens is 286 g/mol. The van der Waals surface area contributed by atoms with Crippen LogP contribution < -0.4 is 0 Å². The molecule has 1 unspecified atom stereocenters. The molecule has 0 aliphatic heterocycles. The fraction of sp³-hybridized carbons (Fsp3) is 0.812. The Bertz CT molecular complexity index is 378. The number of amides is 2. The molecule has 0 bridgehead atoms. The normalized spacial score (nSPS) is 20.2. The summed E-state index contributed by atoms with van der Waals surface area (Å²) in [5.74, 6) is 0.306. The molecule has 1 saturated carbocycles. The van der Waals surface area contributed by atoms with E-state index in [1.165, 1.54) is 6.92 Å². The van der Waals surface area contributed by atoms with Crippen LogP contribution in [0.1, 0.15) is 61.8 Å².